The summed E-state index contributed by atoms with van der Waals surface area (Å²) in [5.41, 5.74) is 6.52. The lowest BCUT2D eigenvalue weighted by Gasteiger charge is -2.20. The quantitative estimate of drug-likeness (QED) is 0.589. The Morgan fingerprint density at radius 1 is 1.24 bits per heavy atom. The average Bonchev–Trinajstić information content (AvgIpc) is 3.13. The summed E-state index contributed by atoms with van der Waals surface area (Å²) in [4.78, 5) is 29.0. The molecule has 0 aliphatic heterocycles. The number of pyridine rings is 1. The largest absolute Gasteiger partial charge is 0.469 e. The molecule has 0 radical (unpaired) electrons. The number of esters is 1. The molecule has 0 bridgehead atoms. The molecule has 2 atom stereocenters. The SMILES string of the molecule is COC(=O)CCc1cc(C[C@H]2CCC(=O)C2Cc2cc(C)c(CCO)c(C)n2)ccc1C#N. The van der Waals surface area contributed by atoms with Gasteiger partial charge in [0, 0.05) is 36.8 Å². The number of hydrogen-bond acceptors (Lipinski definition) is 6. The van der Waals surface area contributed by atoms with Gasteiger partial charge in [0.2, 0.25) is 0 Å². The lowest BCUT2D eigenvalue weighted by molar-refractivity contribution is -0.140. The number of benzene rings is 1. The Morgan fingerprint density at radius 2 is 2.03 bits per heavy atom. The maximum atomic E-state index is 12.7. The minimum Gasteiger partial charge on any atom is -0.469 e. The summed E-state index contributed by atoms with van der Waals surface area (Å²) < 4.78 is 4.73. The second-order valence-electron chi connectivity index (χ2n) is 8.93. The summed E-state index contributed by atoms with van der Waals surface area (Å²) in [5.74, 6) is 0.137. The zero-order valence-electron chi connectivity index (χ0n) is 19.7. The van der Waals surface area contributed by atoms with Gasteiger partial charge in [0.05, 0.1) is 18.7 Å². The van der Waals surface area contributed by atoms with Crippen LogP contribution in [-0.4, -0.2) is 35.6 Å². The molecular formula is C27H32N2O4. The van der Waals surface area contributed by atoms with E-state index >= 15 is 0 Å². The fourth-order valence-corrected chi connectivity index (χ4v) is 4.99. The maximum absolute atomic E-state index is 12.7. The molecule has 3 rings (SSSR count). The van der Waals surface area contributed by atoms with Gasteiger partial charge >= 0.3 is 5.97 Å². The van der Waals surface area contributed by atoms with Gasteiger partial charge < -0.3 is 9.84 Å². The van der Waals surface area contributed by atoms with E-state index in [1.807, 2.05) is 38.1 Å². The Morgan fingerprint density at radius 3 is 2.70 bits per heavy atom. The summed E-state index contributed by atoms with van der Waals surface area (Å²) in [6.45, 7) is 4.09. The number of aryl methyl sites for hydroxylation is 3. The molecular weight excluding hydrogens is 416 g/mol. The van der Waals surface area contributed by atoms with Crippen molar-refractivity contribution >= 4 is 11.8 Å². The van der Waals surface area contributed by atoms with E-state index in [2.05, 4.69) is 6.07 Å². The number of methoxy groups -OCH3 is 1. The topological polar surface area (TPSA) is 100 Å². The number of nitriles is 1. The zero-order chi connectivity index (χ0) is 24.0. The van der Waals surface area contributed by atoms with Gasteiger partial charge in [0.1, 0.15) is 5.78 Å². The molecule has 1 saturated carbocycles. The Bertz CT molecular complexity index is 1050. The number of aliphatic hydroxyl groups is 1. The molecule has 1 aromatic heterocycles. The fourth-order valence-electron chi connectivity index (χ4n) is 4.99. The minimum absolute atomic E-state index is 0.0749. The van der Waals surface area contributed by atoms with Crippen molar-refractivity contribution in [2.45, 2.75) is 58.8 Å². The lowest BCUT2D eigenvalue weighted by atomic mass is 9.85. The molecule has 2 aromatic rings. The van der Waals surface area contributed by atoms with E-state index in [9.17, 15) is 20.0 Å². The number of carbonyl (C=O) groups excluding carboxylic acids is 2. The van der Waals surface area contributed by atoms with E-state index in [1.165, 1.54) is 7.11 Å². The molecule has 1 heterocycles. The molecule has 6 nitrogen and oxygen atoms in total. The molecule has 174 valence electrons. The van der Waals surface area contributed by atoms with Crippen LogP contribution in [0.25, 0.3) is 0 Å². The Labute approximate surface area is 195 Å². The molecule has 33 heavy (non-hydrogen) atoms. The number of aliphatic hydroxyl groups excluding tert-OH is 1. The van der Waals surface area contributed by atoms with Crippen LogP contribution in [0.3, 0.4) is 0 Å². The van der Waals surface area contributed by atoms with E-state index in [4.69, 9.17) is 9.72 Å². The first kappa shape index (κ1) is 24.6. The minimum atomic E-state index is -0.297. The molecule has 1 fully saturated rings. The number of carbonyl (C=O) groups is 2. The van der Waals surface area contributed by atoms with Crippen molar-refractivity contribution in [3.8, 4) is 6.07 Å². The number of aromatic nitrogens is 1. The average molecular weight is 449 g/mol. The first-order valence-electron chi connectivity index (χ1n) is 11.5. The summed E-state index contributed by atoms with van der Waals surface area (Å²) >= 11 is 0. The molecule has 6 heteroatoms. The van der Waals surface area contributed by atoms with Crippen LogP contribution in [-0.2, 0) is 40.0 Å². The maximum Gasteiger partial charge on any atom is 0.305 e. The summed E-state index contributed by atoms with van der Waals surface area (Å²) in [6, 6.07) is 10.0. The third kappa shape index (κ3) is 6.06. The third-order valence-corrected chi connectivity index (χ3v) is 6.76. The lowest BCUT2D eigenvalue weighted by Crippen LogP contribution is -2.20. The van der Waals surface area contributed by atoms with Crippen LogP contribution in [0.15, 0.2) is 24.3 Å². The second-order valence-corrected chi connectivity index (χ2v) is 8.93. The van der Waals surface area contributed by atoms with Crippen LogP contribution >= 0.6 is 0 Å². The number of ether oxygens (including phenoxy) is 1. The molecule has 0 saturated heterocycles. The van der Waals surface area contributed by atoms with Gasteiger partial charge in [-0.15, -0.1) is 0 Å². The fraction of sp³-hybridized carbons (Fsp3) is 0.481. The van der Waals surface area contributed by atoms with Crippen molar-refractivity contribution < 1.29 is 19.4 Å². The normalized spacial score (nSPS) is 17.7. The number of ketones is 1. The van der Waals surface area contributed by atoms with Crippen molar-refractivity contribution in [2.75, 3.05) is 13.7 Å². The van der Waals surface area contributed by atoms with Crippen molar-refractivity contribution in [1.29, 1.82) is 5.26 Å². The predicted molar refractivity (Wildman–Crippen MR) is 125 cm³/mol. The highest BCUT2D eigenvalue weighted by Crippen LogP contribution is 2.34. The van der Waals surface area contributed by atoms with Gasteiger partial charge in [0.25, 0.3) is 0 Å². The van der Waals surface area contributed by atoms with Gasteiger partial charge in [-0.2, -0.15) is 5.26 Å². The zero-order valence-corrected chi connectivity index (χ0v) is 19.7. The third-order valence-electron chi connectivity index (χ3n) is 6.76. The van der Waals surface area contributed by atoms with Crippen LogP contribution < -0.4 is 0 Å². The number of hydrogen-bond donors (Lipinski definition) is 1. The van der Waals surface area contributed by atoms with Crippen LogP contribution in [0.5, 0.6) is 0 Å². The smallest absolute Gasteiger partial charge is 0.305 e. The highest BCUT2D eigenvalue weighted by molar-refractivity contribution is 5.83. The Kier molecular flexibility index (Phi) is 8.35. The van der Waals surface area contributed by atoms with E-state index in [0.29, 0.717) is 31.2 Å². The first-order chi connectivity index (χ1) is 15.9. The van der Waals surface area contributed by atoms with Crippen LogP contribution in [0.2, 0.25) is 0 Å². The van der Waals surface area contributed by atoms with Crippen molar-refractivity contribution in [3.05, 3.63) is 63.5 Å². The van der Waals surface area contributed by atoms with E-state index in [-0.39, 0.29) is 36.6 Å². The van der Waals surface area contributed by atoms with E-state index in [1.54, 1.807) is 0 Å². The van der Waals surface area contributed by atoms with Gasteiger partial charge in [-0.3, -0.25) is 14.6 Å². The molecule has 0 spiro atoms. The number of nitrogens with zero attached hydrogens (tertiary/aromatic N) is 2. The van der Waals surface area contributed by atoms with E-state index in [0.717, 1.165) is 46.5 Å². The summed E-state index contributed by atoms with van der Waals surface area (Å²) in [5, 5.41) is 18.7. The van der Waals surface area contributed by atoms with Crippen molar-refractivity contribution in [1.82, 2.24) is 4.98 Å². The van der Waals surface area contributed by atoms with E-state index < -0.39 is 0 Å². The summed E-state index contributed by atoms with van der Waals surface area (Å²) in [7, 11) is 1.36. The van der Waals surface area contributed by atoms with Crippen LogP contribution in [0.4, 0.5) is 0 Å². The molecule has 0 amide bonds. The van der Waals surface area contributed by atoms with Gasteiger partial charge in [-0.05, 0) is 86.3 Å². The molecule has 1 N–H and O–H groups in total. The van der Waals surface area contributed by atoms with Gasteiger partial charge in [-0.25, -0.2) is 0 Å². The monoisotopic (exact) mass is 448 g/mol. The highest BCUT2D eigenvalue weighted by atomic mass is 16.5. The van der Waals surface area contributed by atoms with Gasteiger partial charge in [0.15, 0.2) is 0 Å². The Balaban J connectivity index is 1.76. The van der Waals surface area contributed by atoms with Crippen molar-refractivity contribution in [3.63, 3.8) is 0 Å². The molecule has 1 aliphatic rings. The van der Waals surface area contributed by atoms with Gasteiger partial charge in [-0.1, -0.05) is 12.1 Å². The van der Waals surface area contributed by atoms with Crippen LogP contribution in [0.1, 0.15) is 58.5 Å². The second kappa shape index (κ2) is 11.2. The predicted octanol–water partition coefficient (Wildman–Crippen LogP) is 3.59. The van der Waals surface area contributed by atoms with Crippen LogP contribution in [0, 0.1) is 37.0 Å². The summed E-state index contributed by atoms with van der Waals surface area (Å²) in [6.07, 6.45) is 4.09. The number of rotatable bonds is 9. The Hall–Kier alpha value is -3.04. The highest BCUT2D eigenvalue weighted by Gasteiger charge is 2.35. The molecule has 1 unspecified atom stereocenters. The van der Waals surface area contributed by atoms with Crippen molar-refractivity contribution in [2.24, 2.45) is 11.8 Å². The molecule has 1 aliphatic carbocycles. The number of Topliss-reactive ketones (excluding diaryl/α,β-unsaturated/α-hetero) is 1. The molecule has 1 aromatic carbocycles. The first-order valence-corrected chi connectivity index (χ1v) is 11.5. The standard InChI is InChI=1S/C27H32N2O4/c1-17-12-23(29-18(2)24(17)10-11-30)15-25-21(6-8-26(25)31)14-19-4-5-22(16-28)20(13-19)7-9-27(32)33-3/h4-5,12-13,21,25,30H,6-11,14-15H2,1-3H3/t21-,25?/m1/s1.